The van der Waals surface area contributed by atoms with Gasteiger partial charge < -0.3 is 15.5 Å². The first kappa shape index (κ1) is 17.9. The van der Waals surface area contributed by atoms with Crippen LogP contribution in [0.1, 0.15) is 45.1 Å². The van der Waals surface area contributed by atoms with Gasteiger partial charge in [0.25, 0.3) is 0 Å². The lowest BCUT2D eigenvalue weighted by Crippen LogP contribution is -2.56. The van der Waals surface area contributed by atoms with E-state index in [1.165, 1.54) is 5.56 Å². The third kappa shape index (κ3) is 4.03. The van der Waals surface area contributed by atoms with Gasteiger partial charge >= 0.3 is 0 Å². The van der Waals surface area contributed by atoms with Crippen molar-refractivity contribution in [3.05, 3.63) is 35.9 Å². The van der Waals surface area contributed by atoms with Crippen LogP contribution >= 0.6 is 0 Å². The minimum atomic E-state index is -0.813. The summed E-state index contributed by atoms with van der Waals surface area (Å²) in [4.78, 5) is 28.7. The number of benzene rings is 1. The Morgan fingerprint density at radius 3 is 2.40 bits per heavy atom. The molecule has 0 bridgehead atoms. The molecule has 5 nitrogen and oxygen atoms in total. The predicted octanol–water partition coefficient (Wildman–Crippen LogP) is 2.16. The fraction of sp³-hybridized carbons (Fsp3) is 0.600. The molecular weight excluding hydrogens is 314 g/mol. The van der Waals surface area contributed by atoms with Gasteiger partial charge in [-0.25, -0.2) is 0 Å². The molecule has 1 aromatic rings. The Morgan fingerprint density at radius 1 is 1.16 bits per heavy atom. The molecule has 1 aromatic carbocycles. The summed E-state index contributed by atoms with van der Waals surface area (Å²) in [7, 11) is 0. The highest BCUT2D eigenvalue weighted by Gasteiger charge is 2.42. The number of hydrogen-bond donors (Lipinski definition) is 1. The highest BCUT2D eigenvalue weighted by molar-refractivity contribution is 5.85. The van der Waals surface area contributed by atoms with Gasteiger partial charge in [0.1, 0.15) is 0 Å². The molecule has 2 heterocycles. The van der Waals surface area contributed by atoms with E-state index in [1.807, 2.05) is 28.0 Å². The van der Waals surface area contributed by atoms with Crippen molar-refractivity contribution in [2.24, 2.45) is 11.1 Å². The third-order valence-electron chi connectivity index (χ3n) is 5.63. The van der Waals surface area contributed by atoms with Crippen molar-refractivity contribution >= 4 is 11.8 Å². The Labute approximate surface area is 150 Å². The van der Waals surface area contributed by atoms with E-state index in [9.17, 15) is 9.59 Å². The van der Waals surface area contributed by atoms with E-state index in [2.05, 4.69) is 12.1 Å². The molecule has 2 N–H and O–H groups in total. The largest absolute Gasteiger partial charge is 0.341 e. The van der Waals surface area contributed by atoms with E-state index in [0.29, 0.717) is 13.0 Å². The highest BCUT2D eigenvalue weighted by Crippen LogP contribution is 2.40. The molecule has 3 rings (SSSR count). The molecule has 2 fully saturated rings. The summed E-state index contributed by atoms with van der Waals surface area (Å²) in [5.41, 5.74) is 6.47. The third-order valence-corrected chi connectivity index (χ3v) is 5.63. The summed E-state index contributed by atoms with van der Waals surface area (Å²) >= 11 is 0. The van der Waals surface area contributed by atoms with Crippen molar-refractivity contribution in [3.8, 4) is 0 Å². The maximum absolute atomic E-state index is 12.4. The summed E-state index contributed by atoms with van der Waals surface area (Å²) in [5, 5.41) is 0. The van der Waals surface area contributed by atoms with Gasteiger partial charge in [-0.2, -0.15) is 0 Å². The number of hydrogen-bond acceptors (Lipinski definition) is 3. The second-order valence-corrected chi connectivity index (χ2v) is 8.25. The van der Waals surface area contributed by atoms with Crippen LogP contribution in [0.15, 0.2) is 30.3 Å². The Morgan fingerprint density at radius 2 is 1.80 bits per heavy atom. The Hall–Kier alpha value is -1.88. The van der Waals surface area contributed by atoms with Crippen LogP contribution in [0.2, 0.25) is 0 Å². The average Bonchev–Trinajstić information content (AvgIpc) is 2.59. The van der Waals surface area contributed by atoms with Gasteiger partial charge in [-0.3, -0.25) is 9.59 Å². The first-order chi connectivity index (χ1) is 11.8. The van der Waals surface area contributed by atoms with Gasteiger partial charge in [0, 0.05) is 32.6 Å². The van der Waals surface area contributed by atoms with E-state index in [1.54, 1.807) is 13.8 Å². The summed E-state index contributed by atoms with van der Waals surface area (Å²) in [5.74, 6) is 0.270. The minimum Gasteiger partial charge on any atom is -0.341 e. The predicted molar refractivity (Wildman–Crippen MR) is 97.6 cm³/mol. The minimum absolute atomic E-state index is 0.0235. The number of amides is 2. The lowest BCUT2D eigenvalue weighted by molar-refractivity contribution is -0.144. The SMILES string of the molecule is CC(C)(N)C(=O)N1CCC2(CCC(=O)N(Cc3ccccc3)C2)CC1. The first-order valence-electron chi connectivity index (χ1n) is 9.19. The number of piperidine rings is 2. The van der Waals surface area contributed by atoms with E-state index in [4.69, 9.17) is 5.73 Å². The lowest BCUT2D eigenvalue weighted by Gasteiger charge is -2.48. The van der Waals surface area contributed by atoms with Crippen molar-refractivity contribution < 1.29 is 9.59 Å². The topological polar surface area (TPSA) is 66.6 Å². The van der Waals surface area contributed by atoms with Crippen molar-refractivity contribution in [2.75, 3.05) is 19.6 Å². The summed E-state index contributed by atoms with van der Waals surface area (Å²) in [6.45, 7) is 6.50. The number of nitrogens with two attached hydrogens (primary N) is 1. The summed E-state index contributed by atoms with van der Waals surface area (Å²) < 4.78 is 0. The van der Waals surface area contributed by atoms with Gasteiger partial charge in [-0.1, -0.05) is 30.3 Å². The average molecular weight is 343 g/mol. The van der Waals surface area contributed by atoms with E-state index in [-0.39, 0.29) is 17.2 Å². The highest BCUT2D eigenvalue weighted by atomic mass is 16.2. The van der Waals surface area contributed by atoms with Crippen LogP contribution in [-0.2, 0) is 16.1 Å². The van der Waals surface area contributed by atoms with Gasteiger partial charge in [0.05, 0.1) is 5.54 Å². The second-order valence-electron chi connectivity index (χ2n) is 8.25. The van der Waals surface area contributed by atoms with Crippen molar-refractivity contribution in [2.45, 2.75) is 51.6 Å². The number of likely N-dealkylation sites (tertiary alicyclic amines) is 2. The maximum atomic E-state index is 12.4. The van der Waals surface area contributed by atoms with Gasteiger partial charge in [-0.05, 0) is 44.1 Å². The lowest BCUT2D eigenvalue weighted by atomic mass is 9.72. The molecule has 25 heavy (non-hydrogen) atoms. The van der Waals surface area contributed by atoms with Crippen LogP contribution in [0.25, 0.3) is 0 Å². The van der Waals surface area contributed by atoms with Crippen LogP contribution < -0.4 is 5.73 Å². The van der Waals surface area contributed by atoms with Gasteiger partial charge in [0.15, 0.2) is 0 Å². The van der Waals surface area contributed by atoms with Crippen LogP contribution in [0.5, 0.6) is 0 Å². The Bertz CT molecular complexity index is 628. The van der Waals surface area contributed by atoms with E-state index < -0.39 is 5.54 Å². The molecule has 5 heteroatoms. The normalized spacial score (nSPS) is 20.8. The van der Waals surface area contributed by atoms with Crippen molar-refractivity contribution in [3.63, 3.8) is 0 Å². The molecule has 2 aliphatic heterocycles. The zero-order valence-electron chi connectivity index (χ0n) is 15.3. The second kappa shape index (κ2) is 6.79. The number of rotatable bonds is 3. The molecular formula is C20H29N3O2. The van der Waals surface area contributed by atoms with Crippen LogP contribution in [0.4, 0.5) is 0 Å². The molecule has 0 radical (unpaired) electrons. The zero-order chi connectivity index (χ0) is 18.1. The molecule has 0 aliphatic carbocycles. The Kier molecular flexibility index (Phi) is 4.87. The fourth-order valence-corrected chi connectivity index (χ4v) is 4.05. The van der Waals surface area contributed by atoms with Crippen LogP contribution in [0, 0.1) is 5.41 Å². The van der Waals surface area contributed by atoms with Crippen molar-refractivity contribution in [1.29, 1.82) is 0 Å². The summed E-state index contributed by atoms with van der Waals surface area (Å²) in [6.07, 6.45) is 3.45. The Balaban J connectivity index is 1.63. The molecule has 1 spiro atoms. The molecule has 0 atom stereocenters. The molecule has 0 saturated carbocycles. The smallest absolute Gasteiger partial charge is 0.242 e. The first-order valence-corrected chi connectivity index (χ1v) is 9.19. The molecule has 2 saturated heterocycles. The quantitative estimate of drug-likeness (QED) is 0.914. The monoisotopic (exact) mass is 343 g/mol. The summed E-state index contributed by atoms with van der Waals surface area (Å²) in [6, 6.07) is 10.2. The fourth-order valence-electron chi connectivity index (χ4n) is 4.05. The molecule has 0 unspecified atom stereocenters. The van der Waals surface area contributed by atoms with Gasteiger partial charge in [0.2, 0.25) is 11.8 Å². The number of carbonyl (C=O) groups excluding carboxylic acids is 2. The van der Waals surface area contributed by atoms with Crippen molar-refractivity contribution in [1.82, 2.24) is 9.80 Å². The van der Waals surface area contributed by atoms with E-state index >= 15 is 0 Å². The zero-order valence-corrected chi connectivity index (χ0v) is 15.3. The van der Waals surface area contributed by atoms with Crippen LogP contribution in [-0.4, -0.2) is 46.8 Å². The molecule has 2 amide bonds. The molecule has 136 valence electrons. The molecule has 2 aliphatic rings. The standard InChI is InChI=1S/C20H29N3O2/c1-19(2,21)18(25)22-12-10-20(11-13-22)9-8-17(24)23(15-20)14-16-6-4-3-5-7-16/h3-7H,8-15,21H2,1-2H3. The van der Waals surface area contributed by atoms with Crippen LogP contribution in [0.3, 0.4) is 0 Å². The molecule has 0 aromatic heterocycles. The van der Waals surface area contributed by atoms with E-state index in [0.717, 1.165) is 38.9 Å². The number of carbonyl (C=O) groups is 2. The maximum Gasteiger partial charge on any atom is 0.242 e. The van der Waals surface area contributed by atoms with Gasteiger partial charge in [-0.15, -0.1) is 0 Å². The number of nitrogens with zero attached hydrogens (tertiary/aromatic N) is 2.